The molecule has 31 heavy (non-hydrogen) atoms. The van der Waals surface area contributed by atoms with Crippen molar-refractivity contribution in [3.05, 3.63) is 59.2 Å². The molecule has 2 aliphatic rings. The van der Waals surface area contributed by atoms with Gasteiger partial charge in [0.1, 0.15) is 6.61 Å². The van der Waals surface area contributed by atoms with Gasteiger partial charge in [-0.15, -0.1) is 0 Å². The molecule has 1 N–H and O–H groups in total. The maximum absolute atomic E-state index is 12.9. The van der Waals surface area contributed by atoms with Crippen molar-refractivity contribution in [2.45, 2.75) is 44.4 Å². The van der Waals surface area contributed by atoms with Crippen LogP contribution in [0.5, 0.6) is 11.5 Å². The van der Waals surface area contributed by atoms with Gasteiger partial charge in [-0.2, -0.15) is 0 Å². The third-order valence-electron chi connectivity index (χ3n) is 5.69. The minimum absolute atomic E-state index is 0.118. The van der Waals surface area contributed by atoms with E-state index in [1.54, 1.807) is 26.2 Å². The summed E-state index contributed by atoms with van der Waals surface area (Å²) in [5.74, 6) is 0.411. The van der Waals surface area contributed by atoms with E-state index in [0.29, 0.717) is 30.1 Å². The molecule has 7 heteroatoms. The first-order chi connectivity index (χ1) is 15.0. The fourth-order valence-corrected chi connectivity index (χ4v) is 3.93. The van der Waals surface area contributed by atoms with E-state index < -0.39 is 11.6 Å². The minimum Gasteiger partial charge on any atom is -0.493 e. The Balaban J connectivity index is 1.38. The summed E-state index contributed by atoms with van der Waals surface area (Å²) in [4.78, 5) is 25.2. The van der Waals surface area contributed by atoms with Gasteiger partial charge in [0.15, 0.2) is 17.1 Å². The van der Waals surface area contributed by atoms with E-state index >= 15 is 0 Å². The summed E-state index contributed by atoms with van der Waals surface area (Å²) in [5.41, 5.74) is 0.919. The summed E-state index contributed by atoms with van der Waals surface area (Å²) in [6.07, 6.45) is 2.51. The molecule has 0 aliphatic carbocycles. The van der Waals surface area contributed by atoms with Crippen molar-refractivity contribution in [1.29, 1.82) is 0 Å². The zero-order valence-electron chi connectivity index (χ0n) is 17.8. The van der Waals surface area contributed by atoms with E-state index in [1.807, 2.05) is 30.3 Å². The first kappa shape index (κ1) is 21.2. The van der Waals surface area contributed by atoms with Gasteiger partial charge in [-0.05, 0) is 49.1 Å². The predicted molar refractivity (Wildman–Crippen MR) is 113 cm³/mol. The molecule has 0 radical (unpaired) electrons. The number of rotatable bonds is 7. The zero-order valence-corrected chi connectivity index (χ0v) is 17.8. The van der Waals surface area contributed by atoms with Crippen LogP contribution in [0.1, 0.15) is 41.3 Å². The molecule has 0 aromatic heterocycles. The first-order valence-electron chi connectivity index (χ1n) is 10.5. The van der Waals surface area contributed by atoms with Crippen LogP contribution < -0.4 is 14.8 Å². The number of ether oxygens (including phenoxy) is 4. The van der Waals surface area contributed by atoms with Crippen LogP contribution in [0.2, 0.25) is 0 Å². The minimum atomic E-state index is -1.25. The molecule has 2 aliphatic heterocycles. The number of hydrogen-bond acceptors (Lipinski definition) is 6. The average Bonchev–Trinajstić information content (AvgIpc) is 3.30. The Morgan fingerprint density at radius 3 is 2.84 bits per heavy atom. The van der Waals surface area contributed by atoms with Crippen molar-refractivity contribution in [2.75, 3.05) is 20.3 Å². The highest BCUT2D eigenvalue weighted by Gasteiger charge is 2.42. The molecule has 1 fully saturated rings. The van der Waals surface area contributed by atoms with E-state index in [9.17, 15) is 9.59 Å². The van der Waals surface area contributed by atoms with Gasteiger partial charge in [0.05, 0.1) is 18.8 Å². The van der Waals surface area contributed by atoms with Crippen LogP contribution in [0.25, 0.3) is 0 Å². The summed E-state index contributed by atoms with van der Waals surface area (Å²) in [6.45, 7) is 3.18. The van der Waals surface area contributed by atoms with Gasteiger partial charge in [-0.25, -0.2) is 4.79 Å². The van der Waals surface area contributed by atoms with Gasteiger partial charge in [0, 0.05) is 19.6 Å². The number of methoxy groups -OCH3 is 1. The van der Waals surface area contributed by atoms with Crippen molar-refractivity contribution in [2.24, 2.45) is 0 Å². The molecular weight excluding hydrogens is 398 g/mol. The predicted octanol–water partition coefficient (Wildman–Crippen LogP) is 3.04. The number of fused-ring (bicyclic) bond motifs is 1. The van der Waals surface area contributed by atoms with E-state index in [0.717, 1.165) is 30.6 Å². The summed E-state index contributed by atoms with van der Waals surface area (Å²) >= 11 is 0. The molecule has 1 amide bonds. The monoisotopic (exact) mass is 425 g/mol. The first-order valence-corrected chi connectivity index (χ1v) is 10.5. The topological polar surface area (TPSA) is 83.1 Å². The fraction of sp³-hybridized carbons (Fsp3) is 0.417. The standard InChI is InChI=1S/C24H27NO6/c1-24(13-17-6-3-4-8-19(17)22(26)31-24)23(27)25-14-16-9-10-20(21(12-16)28-2)30-15-18-7-5-11-29-18/h3-4,6,8-10,12,18H,5,7,11,13-15H2,1-2H3,(H,25,27). The van der Waals surface area contributed by atoms with Crippen molar-refractivity contribution in [3.63, 3.8) is 0 Å². The van der Waals surface area contributed by atoms with Crippen molar-refractivity contribution >= 4 is 11.9 Å². The van der Waals surface area contributed by atoms with Crippen LogP contribution in [0.4, 0.5) is 0 Å². The van der Waals surface area contributed by atoms with Gasteiger partial charge in [0.2, 0.25) is 0 Å². The molecular formula is C24H27NO6. The lowest BCUT2D eigenvalue weighted by Gasteiger charge is -2.33. The van der Waals surface area contributed by atoms with Crippen LogP contribution in [0.15, 0.2) is 42.5 Å². The average molecular weight is 425 g/mol. The van der Waals surface area contributed by atoms with Crippen LogP contribution in [0, 0.1) is 0 Å². The van der Waals surface area contributed by atoms with Crippen LogP contribution in [-0.2, 0) is 27.2 Å². The zero-order chi connectivity index (χ0) is 21.8. The maximum atomic E-state index is 12.9. The van der Waals surface area contributed by atoms with E-state index in [2.05, 4.69) is 5.32 Å². The SMILES string of the molecule is COc1cc(CNC(=O)C2(C)Cc3ccccc3C(=O)O2)ccc1OCC1CCCO1. The number of carbonyl (C=O) groups is 2. The lowest BCUT2D eigenvalue weighted by molar-refractivity contribution is -0.139. The van der Waals surface area contributed by atoms with Crippen molar-refractivity contribution < 1.29 is 28.5 Å². The summed E-state index contributed by atoms with van der Waals surface area (Å²) in [7, 11) is 1.58. The van der Waals surface area contributed by atoms with Crippen LogP contribution in [-0.4, -0.2) is 43.9 Å². The lowest BCUT2D eigenvalue weighted by Crippen LogP contribution is -2.51. The Labute approximate surface area is 181 Å². The molecule has 2 atom stereocenters. The Morgan fingerprint density at radius 1 is 1.23 bits per heavy atom. The van der Waals surface area contributed by atoms with E-state index in [4.69, 9.17) is 18.9 Å². The summed E-state index contributed by atoms with van der Waals surface area (Å²) < 4.78 is 22.4. The van der Waals surface area contributed by atoms with Gasteiger partial charge in [-0.1, -0.05) is 24.3 Å². The highest BCUT2D eigenvalue weighted by Crippen LogP contribution is 2.30. The number of carbonyl (C=O) groups excluding carboxylic acids is 2. The molecule has 7 nitrogen and oxygen atoms in total. The van der Waals surface area contributed by atoms with Gasteiger partial charge < -0.3 is 24.3 Å². The van der Waals surface area contributed by atoms with Gasteiger partial charge in [0.25, 0.3) is 5.91 Å². The van der Waals surface area contributed by atoms with Gasteiger partial charge >= 0.3 is 5.97 Å². The molecule has 0 saturated carbocycles. The molecule has 4 rings (SSSR count). The molecule has 1 saturated heterocycles. The Bertz CT molecular complexity index is 968. The lowest BCUT2D eigenvalue weighted by atomic mass is 9.89. The molecule has 0 bridgehead atoms. The van der Waals surface area contributed by atoms with Crippen LogP contribution >= 0.6 is 0 Å². The molecule has 2 aromatic rings. The molecule has 164 valence electrons. The third kappa shape index (κ3) is 4.66. The van der Waals surface area contributed by atoms with E-state index in [-0.39, 0.29) is 18.6 Å². The van der Waals surface area contributed by atoms with Crippen molar-refractivity contribution in [3.8, 4) is 11.5 Å². The number of hydrogen-bond donors (Lipinski definition) is 1. The normalized spacial score (nSPS) is 22.4. The smallest absolute Gasteiger partial charge is 0.339 e. The fourth-order valence-electron chi connectivity index (χ4n) is 3.93. The second kappa shape index (κ2) is 8.98. The Hall–Kier alpha value is -3.06. The highest BCUT2D eigenvalue weighted by molar-refractivity contribution is 5.97. The molecule has 2 heterocycles. The van der Waals surface area contributed by atoms with Crippen LogP contribution in [0.3, 0.4) is 0 Å². The molecule has 2 unspecified atom stereocenters. The van der Waals surface area contributed by atoms with Crippen molar-refractivity contribution in [1.82, 2.24) is 5.32 Å². The number of benzene rings is 2. The van der Waals surface area contributed by atoms with E-state index in [1.165, 1.54) is 0 Å². The number of nitrogens with one attached hydrogen (secondary N) is 1. The quantitative estimate of drug-likeness (QED) is 0.687. The molecule has 0 spiro atoms. The highest BCUT2D eigenvalue weighted by atomic mass is 16.6. The number of cyclic esters (lactones) is 1. The summed E-state index contributed by atoms with van der Waals surface area (Å²) in [6, 6.07) is 12.7. The summed E-state index contributed by atoms with van der Waals surface area (Å²) in [5, 5.41) is 2.88. The number of amides is 1. The molecule has 2 aromatic carbocycles. The second-order valence-electron chi connectivity index (χ2n) is 8.07. The third-order valence-corrected chi connectivity index (χ3v) is 5.69. The Morgan fingerprint density at radius 2 is 2.06 bits per heavy atom. The maximum Gasteiger partial charge on any atom is 0.339 e. The van der Waals surface area contributed by atoms with Gasteiger partial charge in [-0.3, -0.25) is 4.79 Å². The number of esters is 1. The Kier molecular flexibility index (Phi) is 6.13. The second-order valence-corrected chi connectivity index (χ2v) is 8.07. The largest absolute Gasteiger partial charge is 0.493 e.